The van der Waals surface area contributed by atoms with Crippen molar-refractivity contribution in [1.82, 2.24) is 24.9 Å². The monoisotopic (exact) mass is 350 g/mol. The maximum Gasteiger partial charge on any atom is 0.275 e. The summed E-state index contributed by atoms with van der Waals surface area (Å²) in [5, 5.41) is 17.0. The third-order valence-electron chi connectivity index (χ3n) is 3.44. The van der Waals surface area contributed by atoms with E-state index in [1.165, 1.54) is 11.3 Å². The van der Waals surface area contributed by atoms with Crippen molar-refractivity contribution < 1.29 is 4.79 Å². The lowest BCUT2D eigenvalue weighted by Gasteiger charge is -2.05. The molecule has 2 rings (SSSR count). The Morgan fingerprint density at radius 2 is 2.12 bits per heavy atom. The predicted molar refractivity (Wildman–Crippen MR) is 96.6 cm³/mol. The number of rotatable bonds is 8. The van der Waals surface area contributed by atoms with Crippen LogP contribution in [-0.4, -0.2) is 51.4 Å². The van der Waals surface area contributed by atoms with E-state index in [9.17, 15) is 4.79 Å². The van der Waals surface area contributed by atoms with Crippen molar-refractivity contribution >= 4 is 22.4 Å². The van der Waals surface area contributed by atoms with Crippen LogP contribution < -0.4 is 5.32 Å². The van der Waals surface area contributed by atoms with Gasteiger partial charge in [0.05, 0.1) is 5.69 Å². The smallest absolute Gasteiger partial charge is 0.275 e. The number of nitrogens with zero attached hydrogens (tertiary/aromatic N) is 5. The molecule has 1 amide bonds. The lowest BCUT2D eigenvalue weighted by atomic mass is 10.1. The van der Waals surface area contributed by atoms with Crippen LogP contribution in [0.1, 0.15) is 42.0 Å². The zero-order valence-electron chi connectivity index (χ0n) is 15.0. The van der Waals surface area contributed by atoms with Gasteiger partial charge in [-0.25, -0.2) is 0 Å². The summed E-state index contributed by atoms with van der Waals surface area (Å²) in [7, 11) is 4.04. The molecular weight excluding hydrogens is 324 g/mol. The third-order valence-corrected chi connectivity index (χ3v) is 4.34. The number of hydrogen-bond acceptors (Lipinski definition) is 6. The van der Waals surface area contributed by atoms with E-state index < -0.39 is 0 Å². The second kappa shape index (κ2) is 8.34. The Hall–Kier alpha value is -1.80. The molecule has 0 spiro atoms. The van der Waals surface area contributed by atoms with E-state index in [0.29, 0.717) is 23.3 Å². The van der Waals surface area contributed by atoms with Gasteiger partial charge in [-0.3, -0.25) is 14.8 Å². The van der Waals surface area contributed by atoms with Crippen LogP contribution in [0, 0.1) is 5.92 Å². The summed E-state index contributed by atoms with van der Waals surface area (Å²) in [5.41, 5.74) is 1.51. The average molecular weight is 350 g/mol. The zero-order chi connectivity index (χ0) is 17.7. The van der Waals surface area contributed by atoms with Crippen molar-refractivity contribution in [2.45, 2.75) is 40.2 Å². The number of aromatic nitrogens is 4. The zero-order valence-corrected chi connectivity index (χ0v) is 15.9. The Bertz CT molecular complexity index is 676. The van der Waals surface area contributed by atoms with Crippen LogP contribution in [0.3, 0.4) is 0 Å². The fourth-order valence-corrected chi connectivity index (χ4v) is 3.02. The highest BCUT2D eigenvalue weighted by molar-refractivity contribution is 7.15. The molecule has 0 radical (unpaired) electrons. The van der Waals surface area contributed by atoms with Gasteiger partial charge in [0.15, 0.2) is 0 Å². The van der Waals surface area contributed by atoms with Gasteiger partial charge in [0, 0.05) is 19.5 Å². The fraction of sp³-hybridized carbons (Fsp3) is 0.625. The van der Waals surface area contributed by atoms with Crippen LogP contribution in [0.25, 0.3) is 0 Å². The maximum atomic E-state index is 12.5. The Balaban J connectivity index is 2.05. The van der Waals surface area contributed by atoms with Crippen LogP contribution in [0.5, 0.6) is 0 Å². The second-order valence-electron chi connectivity index (χ2n) is 6.44. The predicted octanol–water partition coefficient (Wildman–Crippen LogP) is 2.31. The van der Waals surface area contributed by atoms with Gasteiger partial charge >= 0.3 is 0 Å². The van der Waals surface area contributed by atoms with Gasteiger partial charge in [-0.1, -0.05) is 25.2 Å². The minimum Gasteiger partial charge on any atom is -0.309 e. The molecule has 0 bridgehead atoms. The van der Waals surface area contributed by atoms with Crippen molar-refractivity contribution in [2.75, 3.05) is 26.0 Å². The van der Waals surface area contributed by atoms with Gasteiger partial charge in [0.1, 0.15) is 10.7 Å². The minimum absolute atomic E-state index is 0.185. The van der Waals surface area contributed by atoms with E-state index in [-0.39, 0.29) is 5.91 Å². The Labute approximate surface area is 147 Å². The van der Waals surface area contributed by atoms with Crippen molar-refractivity contribution in [3.8, 4) is 0 Å². The Morgan fingerprint density at radius 3 is 2.75 bits per heavy atom. The molecule has 0 aromatic carbocycles. The molecule has 0 saturated carbocycles. The Morgan fingerprint density at radius 1 is 1.38 bits per heavy atom. The lowest BCUT2D eigenvalue weighted by molar-refractivity contribution is 0.101. The number of nitrogens with one attached hydrogen (secondary N) is 1. The number of amides is 1. The van der Waals surface area contributed by atoms with Gasteiger partial charge in [0.25, 0.3) is 5.91 Å². The number of carbonyl (C=O) groups excluding carboxylic acids is 1. The molecule has 1 N–H and O–H groups in total. The molecule has 0 atom stereocenters. The first-order valence-corrected chi connectivity index (χ1v) is 9.05. The van der Waals surface area contributed by atoms with Gasteiger partial charge < -0.3 is 4.90 Å². The van der Waals surface area contributed by atoms with E-state index in [2.05, 4.69) is 39.4 Å². The molecule has 2 heterocycles. The first-order valence-electron chi connectivity index (χ1n) is 8.24. The minimum atomic E-state index is -0.185. The standard InChI is InChI=1S/C16H26N6OS/c1-6-22-13(10-12(20-22)9-11(2)3)15(23)17-16-19-18-14(24-16)7-8-21(4)5/h10-11H,6-9H2,1-5H3,(H,17,19,23). The molecule has 2 aromatic heterocycles. The normalized spacial score (nSPS) is 11.5. The van der Waals surface area contributed by atoms with E-state index >= 15 is 0 Å². The van der Waals surface area contributed by atoms with Crippen LogP contribution in [0.4, 0.5) is 5.13 Å². The van der Waals surface area contributed by atoms with Crippen LogP contribution in [-0.2, 0) is 19.4 Å². The summed E-state index contributed by atoms with van der Waals surface area (Å²) in [5.74, 6) is 0.318. The summed E-state index contributed by atoms with van der Waals surface area (Å²) in [6, 6.07) is 1.87. The van der Waals surface area contributed by atoms with Gasteiger partial charge in [-0.05, 0) is 39.4 Å². The summed E-state index contributed by atoms with van der Waals surface area (Å²) in [4.78, 5) is 14.6. The molecule has 0 aliphatic heterocycles. The van der Waals surface area contributed by atoms with Gasteiger partial charge in [-0.15, -0.1) is 10.2 Å². The SMILES string of the molecule is CCn1nc(CC(C)C)cc1C(=O)Nc1nnc(CCN(C)C)s1. The molecule has 0 unspecified atom stereocenters. The number of carbonyl (C=O) groups is 1. The molecule has 0 saturated heterocycles. The molecule has 2 aromatic rings. The number of hydrogen-bond donors (Lipinski definition) is 1. The average Bonchev–Trinajstić information content (AvgIpc) is 3.11. The van der Waals surface area contributed by atoms with E-state index in [0.717, 1.165) is 30.1 Å². The van der Waals surface area contributed by atoms with E-state index in [1.54, 1.807) is 4.68 Å². The quantitative estimate of drug-likeness (QED) is 0.791. The summed E-state index contributed by atoms with van der Waals surface area (Å²) < 4.78 is 1.74. The van der Waals surface area contributed by atoms with Crippen molar-refractivity contribution in [3.05, 3.63) is 22.5 Å². The molecule has 0 aliphatic carbocycles. The summed E-state index contributed by atoms with van der Waals surface area (Å²) in [6.45, 7) is 7.82. The molecule has 7 nitrogen and oxygen atoms in total. The largest absolute Gasteiger partial charge is 0.309 e. The highest BCUT2D eigenvalue weighted by Gasteiger charge is 2.17. The third kappa shape index (κ3) is 5.10. The first kappa shape index (κ1) is 18.5. The molecule has 0 aliphatic rings. The molecule has 24 heavy (non-hydrogen) atoms. The maximum absolute atomic E-state index is 12.5. The summed E-state index contributed by atoms with van der Waals surface area (Å²) >= 11 is 1.42. The topological polar surface area (TPSA) is 75.9 Å². The molecule has 8 heteroatoms. The van der Waals surface area contributed by atoms with Crippen LogP contribution >= 0.6 is 11.3 Å². The molecule has 0 fully saturated rings. The fourth-order valence-electron chi connectivity index (χ4n) is 2.30. The second-order valence-corrected chi connectivity index (χ2v) is 7.51. The van der Waals surface area contributed by atoms with Crippen molar-refractivity contribution in [3.63, 3.8) is 0 Å². The number of likely N-dealkylation sites (N-methyl/N-ethyl adjacent to an activating group) is 1. The lowest BCUT2D eigenvalue weighted by Crippen LogP contribution is -2.17. The highest BCUT2D eigenvalue weighted by atomic mass is 32.1. The number of aryl methyl sites for hydroxylation is 1. The van der Waals surface area contributed by atoms with Gasteiger partial charge in [-0.2, -0.15) is 5.10 Å². The van der Waals surface area contributed by atoms with Crippen molar-refractivity contribution in [1.29, 1.82) is 0 Å². The molecular formula is C16H26N6OS. The Kier molecular flexibility index (Phi) is 6.44. The van der Waals surface area contributed by atoms with E-state index in [1.807, 2.05) is 27.1 Å². The van der Waals surface area contributed by atoms with Crippen LogP contribution in [0.2, 0.25) is 0 Å². The highest BCUT2D eigenvalue weighted by Crippen LogP contribution is 2.18. The van der Waals surface area contributed by atoms with Crippen molar-refractivity contribution in [2.24, 2.45) is 5.92 Å². The summed E-state index contributed by atoms with van der Waals surface area (Å²) in [6.07, 6.45) is 1.69. The number of anilines is 1. The van der Waals surface area contributed by atoms with Crippen LogP contribution in [0.15, 0.2) is 6.07 Å². The first-order chi connectivity index (χ1) is 11.4. The van der Waals surface area contributed by atoms with Gasteiger partial charge in [0.2, 0.25) is 5.13 Å². The molecule has 132 valence electrons. The van der Waals surface area contributed by atoms with E-state index in [4.69, 9.17) is 0 Å².